The zero-order chi connectivity index (χ0) is 20.3. The van der Waals surface area contributed by atoms with E-state index in [0.29, 0.717) is 10.4 Å². The highest BCUT2D eigenvalue weighted by molar-refractivity contribution is 7.89. The van der Waals surface area contributed by atoms with Crippen LogP contribution in [0.3, 0.4) is 0 Å². The van der Waals surface area contributed by atoms with E-state index in [1.807, 2.05) is 6.07 Å². The summed E-state index contributed by atoms with van der Waals surface area (Å²) in [6, 6.07) is 8.23. The van der Waals surface area contributed by atoms with E-state index in [1.54, 1.807) is 0 Å². The van der Waals surface area contributed by atoms with Crippen LogP contribution in [-0.2, 0) is 29.4 Å². The highest BCUT2D eigenvalue weighted by Crippen LogP contribution is 2.34. The molecule has 0 saturated heterocycles. The lowest BCUT2D eigenvalue weighted by Gasteiger charge is -2.27. The Balaban J connectivity index is 1.67. The third kappa shape index (κ3) is 5.10. The molecule has 1 N–H and O–H groups in total. The summed E-state index contributed by atoms with van der Waals surface area (Å²) in [5, 5.41) is 0. The van der Waals surface area contributed by atoms with Crippen molar-refractivity contribution in [2.75, 3.05) is 13.1 Å². The molecule has 1 atom stereocenters. The zero-order valence-electron chi connectivity index (χ0n) is 16.2. The lowest BCUT2D eigenvalue weighted by molar-refractivity contribution is 0.202. The Morgan fingerprint density at radius 1 is 1.11 bits per heavy atom. The molecule has 1 unspecified atom stereocenters. The summed E-state index contributed by atoms with van der Waals surface area (Å²) in [6.07, 6.45) is 4.43. The van der Waals surface area contributed by atoms with Crippen molar-refractivity contribution in [3.05, 3.63) is 49.6 Å². The first-order valence-electron chi connectivity index (χ1n) is 9.63. The van der Waals surface area contributed by atoms with Crippen LogP contribution in [0.15, 0.2) is 29.2 Å². The molecule has 154 valence electrons. The molecule has 0 radical (unpaired) electrons. The van der Waals surface area contributed by atoms with Crippen molar-refractivity contribution < 1.29 is 8.42 Å². The summed E-state index contributed by atoms with van der Waals surface area (Å²) in [4.78, 5) is 2.63. The number of sulfonamides is 1. The van der Waals surface area contributed by atoms with E-state index in [4.69, 9.17) is 23.2 Å². The first-order valence-corrected chi connectivity index (χ1v) is 12.7. The van der Waals surface area contributed by atoms with Crippen LogP contribution in [0.5, 0.6) is 0 Å². The van der Waals surface area contributed by atoms with Gasteiger partial charge in [0.05, 0.1) is 4.34 Å². The van der Waals surface area contributed by atoms with Crippen molar-refractivity contribution in [3.63, 3.8) is 0 Å². The molecule has 1 aromatic carbocycles. The summed E-state index contributed by atoms with van der Waals surface area (Å²) in [5.74, 6) is 0. The summed E-state index contributed by atoms with van der Waals surface area (Å²) in [5.41, 5.74) is 3.66. The predicted molar refractivity (Wildman–Crippen MR) is 118 cm³/mol. The van der Waals surface area contributed by atoms with Gasteiger partial charge in [-0.3, -0.25) is 4.90 Å². The highest BCUT2D eigenvalue weighted by Gasteiger charge is 2.26. The molecule has 8 heteroatoms. The quantitative estimate of drug-likeness (QED) is 0.564. The highest BCUT2D eigenvalue weighted by atomic mass is 35.5. The standard InChI is InChI=1S/C20H26Cl2N2O2S2/c1-3-7-24(8-4-2)17-10-15-6-5-14(9-16(15)11-17)13-23-28(25,26)18-12-19(21)27-20(18)22/h5-6,9,12,17,23H,3-4,7-8,10-11,13H2,1-2H3. The topological polar surface area (TPSA) is 49.4 Å². The van der Waals surface area contributed by atoms with E-state index in [9.17, 15) is 8.42 Å². The smallest absolute Gasteiger partial charge is 0.243 e. The Morgan fingerprint density at radius 3 is 2.39 bits per heavy atom. The van der Waals surface area contributed by atoms with Crippen LogP contribution < -0.4 is 4.72 Å². The van der Waals surface area contributed by atoms with Gasteiger partial charge in [-0.1, -0.05) is 55.2 Å². The van der Waals surface area contributed by atoms with Crippen molar-refractivity contribution in [1.82, 2.24) is 9.62 Å². The van der Waals surface area contributed by atoms with Crippen LogP contribution in [0, 0.1) is 0 Å². The van der Waals surface area contributed by atoms with Gasteiger partial charge in [0.2, 0.25) is 10.0 Å². The maximum absolute atomic E-state index is 12.5. The van der Waals surface area contributed by atoms with Crippen molar-refractivity contribution in [3.8, 4) is 0 Å². The third-order valence-electron chi connectivity index (χ3n) is 5.10. The molecule has 1 aromatic heterocycles. The molecule has 3 rings (SSSR count). The van der Waals surface area contributed by atoms with Crippen molar-refractivity contribution >= 4 is 44.6 Å². The van der Waals surface area contributed by atoms with Crippen LogP contribution in [0.4, 0.5) is 0 Å². The molecule has 0 spiro atoms. The number of nitrogens with zero attached hydrogens (tertiary/aromatic N) is 1. The third-order valence-corrected chi connectivity index (χ3v) is 8.26. The van der Waals surface area contributed by atoms with E-state index >= 15 is 0 Å². The van der Waals surface area contributed by atoms with Crippen molar-refractivity contribution in [2.24, 2.45) is 0 Å². The molecule has 1 heterocycles. The lowest BCUT2D eigenvalue weighted by Crippen LogP contribution is -2.37. The molecular formula is C20H26Cl2N2O2S2. The van der Waals surface area contributed by atoms with E-state index < -0.39 is 10.0 Å². The minimum atomic E-state index is -3.69. The second kappa shape index (κ2) is 9.45. The molecule has 1 aliphatic rings. The molecule has 0 bridgehead atoms. The Hall–Kier alpha value is -0.630. The molecule has 28 heavy (non-hydrogen) atoms. The van der Waals surface area contributed by atoms with Gasteiger partial charge in [0, 0.05) is 12.6 Å². The Kier molecular flexibility index (Phi) is 7.45. The second-order valence-corrected chi connectivity index (χ2v) is 11.2. The number of halogens is 2. The minimum absolute atomic E-state index is 0.0418. The maximum Gasteiger partial charge on any atom is 0.243 e. The molecule has 4 nitrogen and oxygen atoms in total. The van der Waals surface area contributed by atoms with Gasteiger partial charge in [-0.25, -0.2) is 13.1 Å². The average molecular weight is 461 g/mol. The van der Waals surface area contributed by atoms with E-state index in [-0.39, 0.29) is 15.8 Å². The van der Waals surface area contributed by atoms with Crippen LogP contribution in [-0.4, -0.2) is 32.4 Å². The van der Waals surface area contributed by atoms with Crippen molar-refractivity contribution in [1.29, 1.82) is 0 Å². The van der Waals surface area contributed by atoms with Crippen LogP contribution in [0.1, 0.15) is 43.4 Å². The Morgan fingerprint density at radius 2 is 1.79 bits per heavy atom. The lowest BCUT2D eigenvalue weighted by atomic mass is 10.1. The number of fused-ring (bicyclic) bond motifs is 1. The fourth-order valence-electron chi connectivity index (χ4n) is 3.83. The number of rotatable bonds is 9. The number of hydrogen-bond acceptors (Lipinski definition) is 4. The second-order valence-electron chi connectivity index (χ2n) is 7.21. The van der Waals surface area contributed by atoms with Crippen LogP contribution in [0.25, 0.3) is 0 Å². The summed E-state index contributed by atoms with van der Waals surface area (Å²) >= 11 is 12.9. The zero-order valence-corrected chi connectivity index (χ0v) is 19.3. The molecule has 1 aliphatic carbocycles. The fraction of sp³-hybridized carbons (Fsp3) is 0.500. The van der Waals surface area contributed by atoms with E-state index in [1.165, 1.54) is 17.2 Å². The molecule has 0 saturated carbocycles. The minimum Gasteiger partial charge on any atom is -0.300 e. The molecule has 0 amide bonds. The van der Waals surface area contributed by atoms with Gasteiger partial charge in [-0.05, 0) is 61.5 Å². The van der Waals surface area contributed by atoms with Gasteiger partial charge in [-0.2, -0.15) is 0 Å². The van der Waals surface area contributed by atoms with Gasteiger partial charge in [0.15, 0.2) is 0 Å². The molecular weight excluding hydrogens is 435 g/mol. The first kappa shape index (κ1) is 22.1. The van der Waals surface area contributed by atoms with Crippen LogP contribution in [0.2, 0.25) is 8.67 Å². The maximum atomic E-state index is 12.5. The molecule has 0 fully saturated rings. The molecule has 0 aliphatic heterocycles. The first-order chi connectivity index (χ1) is 13.3. The Bertz CT molecular complexity index is 922. The van der Waals surface area contributed by atoms with Gasteiger partial charge in [0.25, 0.3) is 0 Å². The fourth-order valence-corrected chi connectivity index (χ4v) is 7.00. The number of benzene rings is 1. The van der Waals surface area contributed by atoms with Gasteiger partial charge < -0.3 is 0 Å². The summed E-state index contributed by atoms with van der Waals surface area (Å²) < 4.78 is 28.2. The molecule has 2 aromatic rings. The average Bonchev–Trinajstić information content (AvgIpc) is 3.22. The van der Waals surface area contributed by atoms with E-state index in [0.717, 1.165) is 55.7 Å². The number of nitrogens with one attached hydrogen (secondary N) is 1. The summed E-state index contributed by atoms with van der Waals surface area (Å²) in [6.45, 7) is 6.94. The van der Waals surface area contributed by atoms with Gasteiger partial charge >= 0.3 is 0 Å². The van der Waals surface area contributed by atoms with Crippen LogP contribution >= 0.6 is 34.5 Å². The Labute approximate surface area is 181 Å². The summed E-state index contributed by atoms with van der Waals surface area (Å²) in [7, 11) is -3.69. The van der Waals surface area contributed by atoms with Gasteiger partial charge in [-0.15, -0.1) is 11.3 Å². The SMILES string of the molecule is CCCN(CCC)C1Cc2ccc(CNS(=O)(=O)c3cc(Cl)sc3Cl)cc2C1. The monoisotopic (exact) mass is 460 g/mol. The normalized spacial score (nSPS) is 16.7. The van der Waals surface area contributed by atoms with E-state index in [2.05, 4.69) is 35.6 Å². The largest absolute Gasteiger partial charge is 0.300 e. The van der Waals surface area contributed by atoms with Crippen molar-refractivity contribution in [2.45, 2.75) is 57.0 Å². The van der Waals surface area contributed by atoms with Gasteiger partial charge in [0.1, 0.15) is 9.23 Å². The predicted octanol–water partition coefficient (Wildman–Crippen LogP) is 5.12. The number of thiophene rings is 1. The number of hydrogen-bond donors (Lipinski definition) is 1.